The molecular formula is C17H24N4O2. The van der Waals surface area contributed by atoms with Crippen molar-refractivity contribution in [3.63, 3.8) is 0 Å². The van der Waals surface area contributed by atoms with Gasteiger partial charge in [-0.05, 0) is 32.9 Å². The van der Waals surface area contributed by atoms with Gasteiger partial charge in [-0.2, -0.15) is 0 Å². The molecule has 0 bridgehead atoms. The van der Waals surface area contributed by atoms with E-state index < -0.39 is 0 Å². The van der Waals surface area contributed by atoms with Gasteiger partial charge < -0.3 is 20.1 Å². The summed E-state index contributed by atoms with van der Waals surface area (Å²) in [5.74, 6) is 1.54. The molecule has 1 aromatic carbocycles. The standard InChI is InChI=1S/C17H24N4O2/c1-11(10-22)18-16-17(21-8-12(2)23-13(3)9-21)20-15-7-5-4-6-14(15)19-16/h4-7,11-13,22H,8-10H2,1-3H3,(H,18,19)/t11-,12-,13+/m1/s1. The number of hydrogen-bond acceptors (Lipinski definition) is 6. The Labute approximate surface area is 136 Å². The maximum Gasteiger partial charge on any atom is 0.172 e. The maximum absolute atomic E-state index is 9.35. The highest BCUT2D eigenvalue weighted by Gasteiger charge is 2.26. The molecule has 1 aliphatic heterocycles. The summed E-state index contributed by atoms with van der Waals surface area (Å²) in [6.45, 7) is 7.66. The number of ether oxygens (including phenoxy) is 1. The Morgan fingerprint density at radius 3 is 2.43 bits per heavy atom. The molecule has 2 heterocycles. The van der Waals surface area contributed by atoms with Crippen molar-refractivity contribution in [3.05, 3.63) is 24.3 Å². The second-order valence-electron chi connectivity index (χ2n) is 6.27. The SMILES string of the molecule is C[C@H](CO)Nc1nc2ccccc2nc1N1C[C@@H](C)O[C@@H](C)C1. The van der Waals surface area contributed by atoms with E-state index in [1.165, 1.54) is 0 Å². The number of hydrogen-bond donors (Lipinski definition) is 2. The number of anilines is 2. The molecule has 1 fully saturated rings. The minimum absolute atomic E-state index is 0.0455. The fraction of sp³-hybridized carbons (Fsp3) is 0.529. The van der Waals surface area contributed by atoms with Crippen molar-refractivity contribution in [2.24, 2.45) is 0 Å². The predicted molar refractivity (Wildman–Crippen MR) is 91.9 cm³/mol. The minimum atomic E-state index is -0.0832. The molecular weight excluding hydrogens is 292 g/mol. The Morgan fingerprint density at radius 2 is 1.83 bits per heavy atom. The number of fused-ring (bicyclic) bond motifs is 1. The lowest BCUT2D eigenvalue weighted by atomic mass is 10.2. The van der Waals surface area contributed by atoms with Gasteiger partial charge >= 0.3 is 0 Å². The summed E-state index contributed by atoms with van der Waals surface area (Å²) >= 11 is 0. The van der Waals surface area contributed by atoms with Crippen LogP contribution < -0.4 is 10.2 Å². The van der Waals surface area contributed by atoms with Gasteiger partial charge in [0, 0.05) is 19.1 Å². The van der Waals surface area contributed by atoms with Crippen molar-refractivity contribution in [3.8, 4) is 0 Å². The summed E-state index contributed by atoms with van der Waals surface area (Å²) in [5, 5.41) is 12.6. The quantitative estimate of drug-likeness (QED) is 0.899. The Morgan fingerprint density at radius 1 is 1.22 bits per heavy atom. The molecule has 2 aromatic rings. The fourth-order valence-corrected chi connectivity index (χ4v) is 2.94. The van der Waals surface area contributed by atoms with Crippen LogP contribution in [0.3, 0.4) is 0 Å². The number of aliphatic hydroxyl groups excluding tert-OH is 1. The van der Waals surface area contributed by atoms with E-state index in [1.54, 1.807) is 0 Å². The first-order valence-corrected chi connectivity index (χ1v) is 8.11. The molecule has 0 radical (unpaired) electrons. The first kappa shape index (κ1) is 16.0. The average Bonchev–Trinajstić information content (AvgIpc) is 2.53. The molecule has 0 aliphatic carbocycles. The van der Waals surface area contributed by atoms with Crippen molar-refractivity contribution in [2.45, 2.75) is 39.0 Å². The van der Waals surface area contributed by atoms with Crippen LogP contribution in [0.25, 0.3) is 11.0 Å². The smallest absolute Gasteiger partial charge is 0.172 e. The molecule has 6 heteroatoms. The highest BCUT2D eigenvalue weighted by Crippen LogP contribution is 2.28. The normalized spacial score (nSPS) is 23.0. The van der Waals surface area contributed by atoms with Crippen LogP contribution in [0, 0.1) is 0 Å². The Bertz CT molecular complexity index is 669. The lowest BCUT2D eigenvalue weighted by molar-refractivity contribution is -0.00541. The van der Waals surface area contributed by atoms with E-state index in [9.17, 15) is 5.11 Å². The zero-order valence-corrected chi connectivity index (χ0v) is 13.9. The van der Waals surface area contributed by atoms with Crippen molar-refractivity contribution in [1.29, 1.82) is 0 Å². The number of nitrogens with zero attached hydrogens (tertiary/aromatic N) is 3. The van der Waals surface area contributed by atoms with Crippen LogP contribution in [-0.4, -0.2) is 53.0 Å². The summed E-state index contributed by atoms with van der Waals surface area (Å²) < 4.78 is 5.82. The lowest BCUT2D eigenvalue weighted by Crippen LogP contribution is -2.46. The molecule has 124 valence electrons. The van der Waals surface area contributed by atoms with E-state index in [2.05, 4.69) is 24.1 Å². The van der Waals surface area contributed by atoms with Crippen LogP contribution in [0.4, 0.5) is 11.6 Å². The molecule has 1 aromatic heterocycles. The Hall–Kier alpha value is -1.92. The van der Waals surface area contributed by atoms with Gasteiger partial charge in [-0.25, -0.2) is 9.97 Å². The molecule has 0 spiro atoms. The number of aliphatic hydroxyl groups is 1. The molecule has 0 amide bonds. The van der Waals surface area contributed by atoms with E-state index >= 15 is 0 Å². The first-order chi connectivity index (χ1) is 11.1. The molecule has 0 saturated carbocycles. The van der Waals surface area contributed by atoms with Crippen LogP contribution in [0.1, 0.15) is 20.8 Å². The summed E-state index contributed by atoms with van der Waals surface area (Å²) in [5.41, 5.74) is 1.72. The average molecular weight is 316 g/mol. The summed E-state index contributed by atoms with van der Waals surface area (Å²) in [6.07, 6.45) is 0.297. The number of morpholine rings is 1. The predicted octanol–water partition coefficient (Wildman–Crippen LogP) is 2.04. The van der Waals surface area contributed by atoms with Gasteiger partial charge in [-0.15, -0.1) is 0 Å². The number of nitrogens with one attached hydrogen (secondary N) is 1. The monoisotopic (exact) mass is 316 g/mol. The third-order valence-corrected chi connectivity index (χ3v) is 3.93. The number of benzene rings is 1. The third-order valence-electron chi connectivity index (χ3n) is 3.93. The van der Waals surface area contributed by atoms with Crippen LogP contribution >= 0.6 is 0 Å². The maximum atomic E-state index is 9.35. The third kappa shape index (κ3) is 3.54. The summed E-state index contributed by atoms with van der Waals surface area (Å²) in [4.78, 5) is 11.8. The lowest BCUT2D eigenvalue weighted by Gasteiger charge is -2.36. The van der Waals surface area contributed by atoms with Crippen LogP contribution in [-0.2, 0) is 4.74 Å². The van der Waals surface area contributed by atoms with Gasteiger partial charge in [0.05, 0.1) is 29.8 Å². The number of rotatable bonds is 4. The van der Waals surface area contributed by atoms with Gasteiger partial charge in [0.2, 0.25) is 0 Å². The van der Waals surface area contributed by atoms with Crippen molar-refractivity contribution in [2.75, 3.05) is 29.9 Å². The molecule has 3 rings (SSSR count). The van der Waals surface area contributed by atoms with Crippen LogP contribution in [0.5, 0.6) is 0 Å². The topological polar surface area (TPSA) is 70.5 Å². The van der Waals surface area contributed by atoms with Crippen LogP contribution in [0.2, 0.25) is 0 Å². The van der Waals surface area contributed by atoms with E-state index in [4.69, 9.17) is 14.7 Å². The van der Waals surface area contributed by atoms with Gasteiger partial charge in [-0.1, -0.05) is 12.1 Å². The zero-order valence-electron chi connectivity index (χ0n) is 13.9. The largest absolute Gasteiger partial charge is 0.394 e. The minimum Gasteiger partial charge on any atom is -0.394 e. The van der Waals surface area contributed by atoms with E-state index in [0.29, 0.717) is 5.82 Å². The molecule has 2 N–H and O–H groups in total. The van der Waals surface area contributed by atoms with E-state index in [1.807, 2.05) is 31.2 Å². The van der Waals surface area contributed by atoms with Gasteiger partial charge in [0.15, 0.2) is 11.6 Å². The first-order valence-electron chi connectivity index (χ1n) is 8.11. The second kappa shape index (κ2) is 6.68. The Kier molecular flexibility index (Phi) is 4.63. The molecule has 6 nitrogen and oxygen atoms in total. The van der Waals surface area contributed by atoms with E-state index in [-0.39, 0.29) is 24.9 Å². The highest BCUT2D eigenvalue weighted by molar-refractivity contribution is 5.80. The van der Waals surface area contributed by atoms with Gasteiger partial charge in [-0.3, -0.25) is 0 Å². The van der Waals surface area contributed by atoms with Gasteiger partial charge in [0.25, 0.3) is 0 Å². The van der Waals surface area contributed by atoms with Crippen molar-refractivity contribution < 1.29 is 9.84 Å². The molecule has 1 aliphatic rings. The Balaban J connectivity index is 2.03. The summed E-state index contributed by atoms with van der Waals surface area (Å²) in [7, 11) is 0. The van der Waals surface area contributed by atoms with Crippen molar-refractivity contribution >= 4 is 22.7 Å². The second-order valence-corrected chi connectivity index (χ2v) is 6.27. The molecule has 3 atom stereocenters. The van der Waals surface area contributed by atoms with Gasteiger partial charge in [0.1, 0.15) is 0 Å². The summed E-state index contributed by atoms with van der Waals surface area (Å²) in [6, 6.07) is 7.76. The van der Waals surface area contributed by atoms with Crippen molar-refractivity contribution in [1.82, 2.24) is 9.97 Å². The van der Waals surface area contributed by atoms with Crippen LogP contribution in [0.15, 0.2) is 24.3 Å². The number of aromatic nitrogens is 2. The molecule has 1 saturated heterocycles. The molecule has 23 heavy (non-hydrogen) atoms. The highest BCUT2D eigenvalue weighted by atomic mass is 16.5. The fourth-order valence-electron chi connectivity index (χ4n) is 2.94. The van der Waals surface area contributed by atoms with E-state index in [0.717, 1.165) is 29.9 Å². The number of para-hydroxylation sites is 2. The zero-order chi connectivity index (χ0) is 16.4. The molecule has 0 unspecified atom stereocenters.